The molecule has 27 heavy (non-hydrogen) atoms. The number of aryl methyl sites for hydroxylation is 1. The Hall–Kier alpha value is -2.41. The van der Waals surface area contributed by atoms with Crippen molar-refractivity contribution in [3.8, 4) is 0 Å². The van der Waals surface area contributed by atoms with E-state index >= 15 is 0 Å². The van der Waals surface area contributed by atoms with E-state index in [1.54, 1.807) is 11.7 Å². The van der Waals surface area contributed by atoms with Gasteiger partial charge in [-0.25, -0.2) is 9.48 Å². The van der Waals surface area contributed by atoms with Crippen molar-refractivity contribution in [2.24, 2.45) is 0 Å². The zero-order valence-electron chi connectivity index (χ0n) is 16.4. The number of carbonyl (C=O) groups is 1. The molecule has 0 saturated carbocycles. The number of likely N-dealkylation sites (tertiary alicyclic amines) is 1. The van der Waals surface area contributed by atoms with E-state index in [1.807, 2.05) is 43.0 Å². The SMILES string of the molecule is CCn1c(C2CCN(C(=O)c3cccc(C)c3)CC2)nn(CCOC)c1=O. The first-order valence-electron chi connectivity index (χ1n) is 9.57. The third kappa shape index (κ3) is 4.13. The molecular weight excluding hydrogens is 344 g/mol. The monoisotopic (exact) mass is 372 g/mol. The summed E-state index contributed by atoms with van der Waals surface area (Å²) in [4.78, 5) is 27.1. The molecule has 0 N–H and O–H groups in total. The second-order valence-electron chi connectivity index (χ2n) is 7.04. The minimum absolute atomic E-state index is 0.0793. The summed E-state index contributed by atoms with van der Waals surface area (Å²) in [5.41, 5.74) is 1.75. The summed E-state index contributed by atoms with van der Waals surface area (Å²) in [6, 6.07) is 7.71. The molecule has 3 rings (SSSR count). The molecule has 1 amide bonds. The van der Waals surface area contributed by atoms with Crippen LogP contribution in [-0.2, 0) is 17.8 Å². The Labute approximate surface area is 159 Å². The van der Waals surface area contributed by atoms with E-state index in [0.29, 0.717) is 32.8 Å². The van der Waals surface area contributed by atoms with Gasteiger partial charge in [0.2, 0.25) is 0 Å². The van der Waals surface area contributed by atoms with E-state index in [9.17, 15) is 9.59 Å². The summed E-state index contributed by atoms with van der Waals surface area (Å²) in [6.45, 7) is 6.84. The highest BCUT2D eigenvalue weighted by Crippen LogP contribution is 2.27. The fraction of sp³-hybridized carbons (Fsp3) is 0.550. The predicted octanol–water partition coefficient (Wildman–Crippen LogP) is 2.04. The van der Waals surface area contributed by atoms with Crippen molar-refractivity contribution in [2.45, 2.75) is 45.7 Å². The third-order valence-electron chi connectivity index (χ3n) is 5.19. The average molecular weight is 372 g/mol. The first-order valence-corrected chi connectivity index (χ1v) is 9.57. The predicted molar refractivity (Wildman–Crippen MR) is 103 cm³/mol. The molecule has 7 nitrogen and oxygen atoms in total. The number of aromatic nitrogens is 3. The average Bonchev–Trinajstić information content (AvgIpc) is 3.01. The lowest BCUT2D eigenvalue weighted by Gasteiger charge is -2.31. The molecule has 0 aliphatic carbocycles. The maximum Gasteiger partial charge on any atom is 0.345 e. The normalized spacial score (nSPS) is 15.3. The molecule has 1 aromatic heterocycles. The van der Waals surface area contributed by atoms with E-state index < -0.39 is 0 Å². The van der Waals surface area contributed by atoms with E-state index in [-0.39, 0.29) is 17.5 Å². The van der Waals surface area contributed by atoms with Crippen molar-refractivity contribution < 1.29 is 9.53 Å². The topological polar surface area (TPSA) is 69.4 Å². The molecule has 1 aliphatic heterocycles. The molecule has 1 fully saturated rings. The van der Waals surface area contributed by atoms with E-state index in [4.69, 9.17) is 4.74 Å². The summed E-state index contributed by atoms with van der Waals surface area (Å²) >= 11 is 0. The van der Waals surface area contributed by atoms with E-state index in [2.05, 4.69) is 5.10 Å². The first kappa shape index (κ1) is 19.4. The standard InChI is InChI=1S/C20H28N4O3/c1-4-23-18(21-24(20(23)26)12-13-27-3)16-8-10-22(11-9-16)19(25)17-7-5-6-15(2)14-17/h5-7,14,16H,4,8-13H2,1-3H3. The van der Waals surface area contributed by atoms with Crippen molar-refractivity contribution in [3.63, 3.8) is 0 Å². The maximum atomic E-state index is 12.7. The van der Waals surface area contributed by atoms with Gasteiger partial charge in [0, 0.05) is 38.2 Å². The number of hydrogen-bond acceptors (Lipinski definition) is 4. The Balaban J connectivity index is 1.70. The van der Waals surface area contributed by atoms with Crippen LogP contribution in [0.4, 0.5) is 0 Å². The van der Waals surface area contributed by atoms with Gasteiger partial charge in [-0.15, -0.1) is 0 Å². The molecule has 7 heteroatoms. The van der Waals surface area contributed by atoms with Crippen molar-refractivity contribution in [1.29, 1.82) is 0 Å². The van der Waals surface area contributed by atoms with Gasteiger partial charge < -0.3 is 9.64 Å². The smallest absolute Gasteiger partial charge is 0.345 e. The molecule has 146 valence electrons. The van der Waals surface area contributed by atoms with Crippen LogP contribution in [0.3, 0.4) is 0 Å². The molecule has 0 unspecified atom stereocenters. The summed E-state index contributed by atoms with van der Waals surface area (Å²) in [6.07, 6.45) is 1.64. The number of amides is 1. The number of hydrogen-bond donors (Lipinski definition) is 0. The second-order valence-corrected chi connectivity index (χ2v) is 7.04. The number of nitrogens with zero attached hydrogens (tertiary/aromatic N) is 4. The van der Waals surface area contributed by atoms with Gasteiger partial charge in [0.1, 0.15) is 5.82 Å². The van der Waals surface area contributed by atoms with Crippen LogP contribution in [0, 0.1) is 6.92 Å². The second kappa shape index (κ2) is 8.52. The van der Waals surface area contributed by atoms with Crippen molar-refractivity contribution in [2.75, 3.05) is 26.8 Å². The molecular formula is C20H28N4O3. The molecule has 1 aliphatic rings. The number of ether oxygens (including phenoxy) is 1. The van der Waals surface area contributed by atoms with Gasteiger partial charge in [-0.2, -0.15) is 5.10 Å². The number of piperidine rings is 1. The highest BCUT2D eigenvalue weighted by Gasteiger charge is 2.28. The van der Waals surface area contributed by atoms with Gasteiger partial charge in [0.25, 0.3) is 5.91 Å². The van der Waals surface area contributed by atoms with Crippen LogP contribution in [-0.4, -0.2) is 52.0 Å². The van der Waals surface area contributed by atoms with Crippen LogP contribution >= 0.6 is 0 Å². The van der Waals surface area contributed by atoms with Gasteiger partial charge >= 0.3 is 5.69 Å². The number of rotatable bonds is 6. The van der Waals surface area contributed by atoms with Gasteiger partial charge in [0.05, 0.1) is 13.2 Å². The largest absolute Gasteiger partial charge is 0.383 e. The fourth-order valence-corrected chi connectivity index (χ4v) is 3.68. The Morgan fingerprint density at radius 1 is 1.30 bits per heavy atom. The third-order valence-corrected chi connectivity index (χ3v) is 5.19. The van der Waals surface area contributed by atoms with Crippen LogP contribution in [0.5, 0.6) is 0 Å². The number of benzene rings is 1. The molecule has 0 atom stereocenters. The van der Waals surface area contributed by atoms with Gasteiger partial charge in [-0.1, -0.05) is 17.7 Å². The summed E-state index contributed by atoms with van der Waals surface area (Å²) in [7, 11) is 1.61. The minimum atomic E-state index is -0.0807. The maximum absolute atomic E-state index is 12.7. The Morgan fingerprint density at radius 2 is 2.04 bits per heavy atom. The zero-order chi connectivity index (χ0) is 19.4. The van der Waals surface area contributed by atoms with Crippen molar-refractivity contribution in [1.82, 2.24) is 19.2 Å². The fourth-order valence-electron chi connectivity index (χ4n) is 3.68. The highest BCUT2D eigenvalue weighted by atomic mass is 16.5. The van der Waals surface area contributed by atoms with Crippen molar-refractivity contribution in [3.05, 3.63) is 51.7 Å². The molecule has 2 aromatic rings. The lowest BCUT2D eigenvalue weighted by molar-refractivity contribution is 0.0710. The molecule has 0 radical (unpaired) electrons. The van der Waals surface area contributed by atoms with Crippen LogP contribution in [0.25, 0.3) is 0 Å². The van der Waals surface area contributed by atoms with Crippen LogP contribution in [0.2, 0.25) is 0 Å². The Bertz CT molecular complexity index is 847. The molecule has 1 aromatic carbocycles. The lowest BCUT2D eigenvalue weighted by atomic mass is 9.95. The highest BCUT2D eigenvalue weighted by molar-refractivity contribution is 5.94. The van der Waals surface area contributed by atoms with Crippen LogP contribution in [0.1, 0.15) is 47.4 Å². The lowest BCUT2D eigenvalue weighted by Crippen LogP contribution is -2.38. The molecule has 2 heterocycles. The molecule has 0 spiro atoms. The van der Waals surface area contributed by atoms with Crippen LogP contribution < -0.4 is 5.69 Å². The van der Waals surface area contributed by atoms with Crippen LogP contribution in [0.15, 0.2) is 29.1 Å². The first-order chi connectivity index (χ1) is 13.0. The summed E-state index contributed by atoms with van der Waals surface area (Å²) < 4.78 is 8.31. The quantitative estimate of drug-likeness (QED) is 0.778. The van der Waals surface area contributed by atoms with Gasteiger partial charge in [0.15, 0.2) is 0 Å². The van der Waals surface area contributed by atoms with E-state index in [1.165, 1.54) is 4.68 Å². The number of methoxy groups -OCH3 is 1. The summed E-state index contributed by atoms with van der Waals surface area (Å²) in [5, 5.41) is 4.57. The summed E-state index contributed by atoms with van der Waals surface area (Å²) in [5.74, 6) is 1.11. The van der Waals surface area contributed by atoms with Crippen molar-refractivity contribution >= 4 is 5.91 Å². The van der Waals surface area contributed by atoms with E-state index in [0.717, 1.165) is 29.8 Å². The van der Waals surface area contributed by atoms with Gasteiger partial charge in [-0.05, 0) is 38.8 Å². The zero-order valence-corrected chi connectivity index (χ0v) is 16.4. The number of carbonyl (C=O) groups excluding carboxylic acids is 1. The Morgan fingerprint density at radius 3 is 2.67 bits per heavy atom. The molecule has 0 bridgehead atoms. The Kier molecular flexibility index (Phi) is 6.11. The minimum Gasteiger partial charge on any atom is -0.383 e. The van der Waals surface area contributed by atoms with Gasteiger partial charge in [-0.3, -0.25) is 9.36 Å². The molecule has 1 saturated heterocycles.